The number of halogens is 5. The van der Waals surface area contributed by atoms with Gasteiger partial charge in [0.15, 0.2) is 5.69 Å². The molecule has 0 bridgehead atoms. The van der Waals surface area contributed by atoms with Gasteiger partial charge in [-0.25, -0.2) is 9.67 Å². The molecule has 0 atom stereocenters. The van der Waals surface area contributed by atoms with Crippen LogP contribution in [0.2, 0.25) is 5.02 Å². The summed E-state index contributed by atoms with van der Waals surface area (Å²) >= 11 is 8.94. The second-order valence-corrected chi connectivity index (χ2v) is 6.46. The predicted molar refractivity (Wildman–Crippen MR) is 93.5 cm³/mol. The van der Waals surface area contributed by atoms with Crippen molar-refractivity contribution in [1.29, 1.82) is 0 Å². The Labute approximate surface area is 158 Å². The Morgan fingerprint density at radius 2 is 1.81 bits per heavy atom. The van der Waals surface area contributed by atoms with Crippen LogP contribution in [-0.2, 0) is 6.18 Å². The minimum atomic E-state index is -4.80. The Bertz CT molecular complexity index is 940. The maximum Gasteiger partial charge on any atom is 0.434 e. The predicted octanol–water partition coefficient (Wildman–Crippen LogP) is 4.95. The Kier molecular flexibility index (Phi) is 5.01. The lowest BCUT2D eigenvalue weighted by atomic mass is 10.2. The molecule has 0 radical (unpaired) electrons. The minimum Gasteiger partial charge on any atom is -0.306 e. The molecule has 2 heterocycles. The first-order valence-corrected chi connectivity index (χ1v) is 8.27. The van der Waals surface area contributed by atoms with Crippen molar-refractivity contribution < 1.29 is 18.0 Å². The highest BCUT2D eigenvalue weighted by molar-refractivity contribution is 9.10. The van der Waals surface area contributed by atoms with Gasteiger partial charge in [-0.15, -0.1) is 0 Å². The van der Waals surface area contributed by atoms with Gasteiger partial charge in [0.25, 0.3) is 5.91 Å². The van der Waals surface area contributed by atoms with Crippen molar-refractivity contribution in [1.82, 2.24) is 14.8 Å². The zero-order valence-electron chi connectivity index (χ0n) is 12.8. The van der Waals surface area contributed by atoms with Crippen LogP contribution in [0.15, 0.2) is 53.3 Å². The lowest BCUT2D eigenvalue weighted by Crippen LogP contribution is -2.21. The first-order valence-electron chi connectivity index (χ1n) is 7.10. The van der Waals surface area contributed by atoms with E-state index in [9.17, 15) is 18.0 Å². The van der Waals surface area contributed by atoms with Gasteiger partial charge >= 0.3 is 6.18 Å². The van der Waals surface area contributed by atoms with Crippen LogP contribution in [0.1, 0.15) is 16.1 Å². The fourth-order valence-electron chi connectivity index (χ4n) is 2.20. The summed E-state index contributed by atoms with van der Waals surface area (Å²) in [5.74, 6) is -0.849. The van der Waals surface area contributed by atoms with Gasteiger partial charge in [-0.1, -0.05) is 11.6 Å². The quantitative estimate of drug-likeness (QED) is 0.620. The highest BCUT2D eigenvalue weighted by Crippen LogP contribution is 2.34. The highest BCUT2D eigenvalue weighted by atomic mass is 79.9. The highest BCUT2D eigenvalue weighted by Gasteiger charge is 2.40. The zero-order valence-corrected chi connectivity index (χ0v) is 15.1. The summed E-state index contributed by atoms with van der Waals surface area (Å²) < 4.78 is 42.0. The smallest absolute Gasteiger partial charge is 0.306 e. The summed E-state index contributed by atoms with van der Waals surface area (Å²) in [6.45, 7) is 0. The molecule has 134 valence electrons. The number of nitrogens with zero attached hydrogens (tertiary/aromatic N) is 3. The molecule has 1 N–H and O–H groups in total. The van der Waals surface area contributed by atoms with Gasteiger partial charge in [0.2, 0.25) is 0 Å². The molecular weight excluding hydrogens is 437 g/mol. The SMILES string of the molecule is O=C(Nc1ccc(Br)cn1)c1cnn(-c2ccc(Cl)cc2)c1C(F)(F)F. The minimum absolute atomic E-state index is 0.116. The molecule has 0 saturated carbocycles. The normalized spacial score (nSPS) is 11.4. The Balaban J connectivity index is 2.00. The molecule has 10 heteroatoms. The summed E-state index contributed by atoms with van der Waals surface area (Å²) in [5, 5.41) is 6.42. The van der Waals surface area contributed by atoms with Crippen LogP contribution < -0.4 is 5.32 Å². The summed E-state index contributed by atoms with van der Waals surface area (Å²) in [7, 11) is 0. The van der Waals surface area contributed by atoms with Crippen molar-refractivity contribution in [2.24, 2.45) is 0 Å². The van der Waals surface area contributed by atoms with Gasteiger partial charge in [0.1, 0.15) is 5.82 Å². The van der Waals surface area contributed by atoms with Gasteiger partial charge in [-0.3, -0.25) is 4.79 Å². The number of carbonyl (C=O) groups is 1. The number of alkyl halides is 3. The van der Waals surface area contributed by atoms with Crippen LogP contribution >= 0.6 is 27.5 Å². The topological polar surface area (TPSA) is 59.8 Å². The number of aromatic nitrogens is 3. The molecule has 1 amide bonds. The van der Waals surface area contributed by atoms with E-state index in [-0.39, 0.29) is 11.5 Å². The molecule has 2 aromatic heterocycles. The van der Waals surface area contributed by atoms with E-state index in [1.165, 1.54) is 36.5 Å². The average Bonchev–Trinajstić information content (AvgIpc) is 3.03. The zero-order chi connectivity index (χ0) is 18.9. The van der Waals surface area contributed by atoms with Crippen LogP contribution in [0.5, 0.6) is 0 Å². The van der Waals surface area contributed by atoms with E-state index < -0.39 is 23.3 Å². The van der Waals surface area contributed by atoms with E-state index in [0.29, 0.717) is 14.2 Å². The molecule has 0 spiro atoms. The number of rotatable bonds is 3. The number of amides is 1. The summed E-state index contributed by atoms with van der Waals surface area (Å²) in [6, 6.07) is 8.68. The lowest BCUT2D eigenvalue weighted by Gasteiger charge is -2.13. The van der Waals surface area contributed by atoms with Gasteiger partial charge in [-0.05, 0) is 52.3 Å². The molecule has 0 aliphatic rings. The van der Waals surface area contributed by atoms with Crippen LogP contribution in [0.4, 0.5) is 19.0 Å². The fraction of sp³-hybridized carbons (Fsp3) is 0.0625. The van der Waals surface area contributed by atoms with E-state index in [1.54, 1.807) is 6.07 Å². The maximum atomic E-state index is 13.6. The lowest BCUT2D eigenvalue weighted by molar-refractivity contribution is -0.143. The van der Waals surface area contributed by atoms with E-state index in [0.717, 1.165) is 6.20 Å². The number of pyridine rings is 1. The third-order valence-electron chi connectivity index (χ3n) is 3.32. The number of carbonyl (C=O) groups excluding carboxylic acids is 1. The fourth-order valence-corrected chi connectivity index (χ4v) is 2.56. The van der Waals surface area contributed by atoms with Crippen molar-refractivity contribution in [3.05, 3.63) is 69.5 Å². The van der Waals surface area contributed by atoms with E-state index in [1.807, 2.05) is 0 Å². The summed E-state index contributed by atoms with van der Waals surface area (Å²) in [4.78, 5) is 16.2. The summed E-state index contributed by atoms with van der Waals surface area (Å²) in [5.41, 5.74) is -1.67. The molecular formula is C16H9BrClF3N4O. The number of hydrogen-bond donors (Lipinski definition) is 1. The van der Waals surface area contributed by atoms with Crippen LogP contribution in [0.25, 0.3) is 5.69 Å². The first-order chi connectivity index (χ1) is 12.3. The maximum absolute atomic E-state index is 13.6. The standard InChI is InChI=1S/C16H9BrClF3N4O/c17-9-1-6-13(22-7-9)24-15(26)12-8-23-25(14(12)16(19,20)21)11-4-2-10(18)3-5-11/h1-8H,(H,22,24,26). The molecule has 3 aromatic rings. The number of anilines is 1. The number of nitrogens with one attached hydrogen (secondary N) is 1. The Hall–Kier alpha value is -2.39. The van der Waals surface area contributed by atoms with E-state index >= 15 is 0 Å². The van der Waals surface area contributed by atoms with Crippen molar-refractivity contribution >= 4 is 39.3 Å². The van der Waals surface area contributed by atoms with Crippen molar-refractivity contribution in [2.75, 3.05) is 5.32 Å². The summed E-state index contributed by atoms with van der Waals surface area (Å²) in [6.07, 6.45) is -2.51. The van der Waals surface area contributed by atoms with Crippen LogP contribution in [-0.4, -0.2) is 20.7 Å². The van der Waals surface area contributed by atoms with E-state index in [4.69, 9.17) is 11.6 Å². The number of benzene rings is 1. The second-order valence-electron chi connectivity index (χ2n) is 5.11. The molecule has 0 unspecified atom stereocenters. The molecule has 26 heavy (non-hydrogen) atoms. The van der Waals surface area contributed by atoms with Gasteiger partial charge in [-0.2, -0.15) is 18.3 Å². The molecule has 5 nitrogen and oxygen atoms in total. The molecule has 0 aliphatic heterocycles. The first kappa shape index (κ1) is 18.4. The van der Waals surface area contributed by atoms with Gasteiger partial charge in [0, 0.05) is 15.7 Å². The van der Waals surface area contributed by atoms with E-state index in [2.05, 4.69) is 31.3 Å². The average molecular weight is 446 g/mol. The second kappa shape index (κ2) is 7.08. The van der Waals surface area contributed by atoms with Crippen molar-refractivity contribution in [2.45, 2.75) is 6.18 Å². The van der Waals surface area contributed by atoms with Crippen LogP contribution in [0, 0.1) is 0 Å². The number of hydrogen-bond acceptors (Lipinski definition) is 3. The third-order valence-corrected chi connectivity index (χ3v) is 4.04. The Morgan fingerprint density at radius 3 is 2.38 bits per heavy atom. The molecule has 0 aliphatic carbocycles. The molecule has 1 aromatic carbocycles. The largest absolute Gasteiger partial charge is 0.434 e. The molecule has 3 rings (SSSR count). The Morgan fingerprint density at radius 1 is 1.12 bits per heavy atom. The van der Waals surface area contributed by atoms with Crippen LogP contribution in [0.3, 0.4) is 0 Å². The third kappa shape index (κ3) is 3.88. The van der Waals surface area contributed by atoms with Crippen molar-refractivity contribution in [3.63, 3.8) is 0 Å². The monoisotopic (exact) mass is 444 g/mol. The molecule has 0 fully saturated rings. The van der Waals surface area contributed by atoms with Gasteiger partial charge < -0.3 is 5.32 Å². The van der Waals surface area contributed by atoms with Gasteiger partial charge in [0.05, 0.1) is 17.4 Å². The molecule has 0 saturated heterocycles. The van der Waals surface area contributed by atoms with Crippen molar-refractivity contribution in [3.8, 4) is 5.69 Å².